The van der Waals surface area contributed by atoms with Gasteiger partial charge in [0.05, 0.1) is 11.8 Å². The van der Waals surface area contributed by atoms with E-state index in [4.69, 9.17) is 5.11 Å². The van der Waals surface area contributed by atoms with Crippen molar-refractivity contribution in [3.63, 3.8) is 0 Å². The number of amides is 2. The van der Waals surface area contributed by atoms with Crippen LogP contribution in [0.3, 0.4) is 0 Å². The Morgan fingerprint density at radius 3 is 1.92 bits per heavy atom. The summed E-state index contributed by atoms with van der Waals surface area (Å²) in [6, 6.07) is -1.73. The zero-order chi connectivity index (χ0) is 19.7. The number of carbonyl (C=O) groups excluding carboxylic acids is 2. The molecule has 1 saturated heterocycles. The molecule has 2 N–H and O–H groups in total. The van der Waals surface area contributed by atoms with Crippen LogP contribution in [-0.2, 0) is 14.4 Å². The van der Waals surface area contributed by atoms with Crippen molar-refractivity contribution >= 4 is 17.8 Å². The van der Waals surface area contributed by atoms with Crippen molar-refractivity contribution < 1.29 is 45.8 Å². The van der Waals surface area contributed by atoms with E-state index < -0.39 is 67.0 Å². The van der Waals surface area contributed by atoms with Crippen molar-refractivity contribution in [3.05, 3.63) is 0 Å². The number of carbonyl (C=O) groups is 3. The van der Waals surface area contributed by atoms with Crippen molar-refractivity contribution in [2.75, 3.05) is 13.1 Å². The molecule has 0 unspecified atom stereocenters. The van der Waals surface area contributed by atoms with E-state index in [1.54, 1.807) is 0 Å². The van der Waals surface area contributed by atoms with Crippen LogP contribution in [-0.4, -0.2) is 59.3 Å². The van der Waals surface area contributed by atoms with Crippen LogP contribution in [0.1, 0.15) is 13.8 Å². The van der Waals surface area contributed by atoms with E-state index in [0.717, 1.165) is 0 Å². The summed E-state index contributed by atoms with van der Waals surface area (Å²) >= 11 is 0. The van der Waals surface area contributed by atoms with E-state index in [1.807, 2.05) is 0 Å². The van der Waals surface area contributed by atoms with Gasteiger partial charge in [0, 0.05) is 13.1 Å². The number of hydrogen-bond acceptors (Lipinski definition) is 3. The van der Waals surface area contributed by atoms with Crippen molar-refractivity contribution in [1.82, 2.24) is 10.2 Å². The summed E-state index contributed by atoms with van der Waals surface area (Å²) in [5.74, 6) is -10.5. The van der Waals surface area contributed by atoms with E-state index >= 15 is 0 Å². The molecule has 0 aliphatic carbocycles. The van der Waals surface area contributed by atoms with Gasteiger partial charge in [-0.3, -0.25) is 14.4 Å². The van der Waals surface area contributed by atoms with Crippen LogP contribution in [0.4, 0.5) is 26.3 Å². The van der Waals surface area contributed by atoms with Gasteiger partial charge in [0.2, 0.25) is 5.91 Å². The van der Waals surface area contributed by atoms with Crippen molar-refractivity contribution in [2.24, 2.45) is 17.8 Å². The molecule has 0 aromatic heterocycles. The summed E-state index contributed by atoms with van der Waals surface area (Å²) < 4.78 is 75.8. The number of nitrogens with one attached hydrogen (secondary N) is 1. The number of hydrogen-bond donors (Lipinski definition) is 2. The molecule has 1 fully saturated rings. The lowest BCUT2D eigenvalue weighted by molar-refractivity contribution is -0.188. The van der Waals surface area contributed by atoms with Crippen LogP contribution in [0.15, 0.2) is 0 Å². The minimum atomic E-state index is -5.27. The second-order valence-electron chi connectivity index (χ2n) is 6.03. The van der Waals surface area contributed by atoms with Gasteiger partial charge in [-0.25, -0.2) is 0 Å². The van der Waals surface area contributed by atoms with Gasteiger partial charge in [0.25, 0.3) is 0 Å². The number of halogens is 6. The van der Waals surface area contributed by atoms with Crippen molar-refractivity contribution in [1.29, 1.82) is 0 Å². The van der Waals surface area contributed by atoms with Crippen molar-refractivity contribution in [3.8, 4) is 0 Å². The molecule has 0 bridgehead atoms. The summed E-state index contributed by atoms with van der Waals surface area (Å²) in [6.45, 7) is 0.796. The molecule has 0 radical (unpaired) electrons. The molecule has 3 atom stereocenters. The molecular weight excluding hydrogens is 362 g/mol. The molecule has 0 spiro atoms. The molecule has 144 valence electrons. The first-order valence-corrected chi connectivity index (χ1v) is 7.12. The van der Waals surface area contributed by atoms with E-state index in [-0.39, 0.29) is 0 Å². The fraction of sp³-hybridized carbons (Fsp3) is 0.769. The Kier molecular flexibility index (Phi) is 5.96. The number of carboxylic acids is 1. The lowest BCUT2D eigenvalue weighted by atomic mass is 9.96. The zero-order valence-corrected chi connectivity index (χ0v) is 13.1. The molecule has 6 nitrogen and oxygen atoms in total. The SMILES string of the molecule is CC(C)[C@H](NC(=O)C(F)(F)F)C(=O)N1C[C@@H](C(F)(F)F)[C@H](C(=O)O)C1. The summed E-state index contributed by atoms with van der Waals surface area (Å²) in [6.07, 6.45) is -10.2. The lowest BCUT2D eigenvalue weighted by Crippen LogP contribution is -2.53. The molecule has 1 aliphatic heterocycles. The highest BCUT2D eigenvalue weighted by Gasteiger charge is 2.54. The van der Waals surface area contributed by atoms with Gasteiger partial charge in [0.1, 0.15) is 6.04 Å². The van der Waals surface area contributed by atoms with Gasteiger partial charge in [-0.15, -0.1) is 0 Å². The second kappa shape index (κ2) is 7.08. The topological polar surface area (TPSA) is 86.7 Å². The Bertz CT molecular complexity index is 546. The highest BCUT2D eigenvalue weighted by molar-refractivity contribution is 5.90. The monoisotopic (exact) mass is 378 g/mol. The van der Waals surface area contributed by atoms with Crippen LogP contribution in [0.25, 0.3) is 0 Å². The zero-order valence-electron chi connectivity index (χ0n) is 13.1. The summed E-state index contributed by atoms with van der Waals surface area (Å²) in [4.78, 5) is 34.8. The third kappa shape index (κ3) is 4.98. The fourth-order valence-corrected chi connectivity index (χ4v) is 2.50. The Hall–Kier alpha value is -2.01. The minimum absolute atomic E-state index is 0.526. The molecule has 1 rings (SSSR count). The van der Waals surface area contributed by atoms with Crippen molar-refractivity contribution in [2.45, 2.75) is 32.2 Å². The van der Waals surface area contributed by atoms with E-state index in [2.05, 4.69) is 0 Å². The predicted molar refractivity (Wildman–Crippen MR) is 70.1 cm³/mol. The molecule has 1 heterocycles. The normalized spacial score (nSPS) is 22.8. The standard InChI is InChI=1S/C13H16F6N2O4/c1-5(2)8(20-11(25)13(17,18)19)9(22)21-3-6(10(23)24)7(4-21)12(14,15)16/h5-8H,3-4H2,1-2H3,(H,20,25)(H,23,24)/t6-,7-,8+/m1/s1. The first-order chi connectivity index (χ1) is 11.2. The average Bonchev–Trinajstić information content (AvgIpc) is 2.87. The van der Waals surface area contributed by atoms with Crippen LogP contribution >= 0.6 is 0 Å². The van der Waals surface area contributed by atoms with E-state index in [0.29, 0.717) is 4.90 Å². The number of aliphatic carboxylic acids is 1. The largest absolute Gasteiger partial charge is 0.481 e. The predicted octanol–water partition coefficient (Wildman–Crippen LogP) is 1.41. The van der Waals surface area contributed by atoms with Crippen LogP contribution in [0, 0.1) is 17.8 Å². The quantitative estimate of drug-likeness (QED) is 0.725. The van der Waals surface area contributed by atoms with Gasteiger partial charge in [-0.05, 0) is 5.92 Å². The van der Waals surface area contributed by atoms with Gasteiger partial charge in [0.15, 0.2) is 0 Å². The van der Waals surface area contributed by atoms with Crippen LogP contribution in [0.5, 0.6) is 0 Å². The molecule has 0 aromatic rings. The number of rotatable bonds is 4. The fourth-order valence-electron chi connectivity index (χ4n) is 2.50. The van der Waals surface area contributed by atoms with Crippen LogP contribution < -0.4 is 5.32 Å². The smallest absolute Gasteiger partial charge is 0.471 e. The van der Waals surface area contributed by atoms with Gasteiger partial charge in [-0.1, -0.05) is 13.8 Å². The lowest BCUT2D eigenvalue weighted by Gasteiger charge is -2.27. The summed E-state index contributed by atoms with van der Waals surface area (Å²) in [5, 5.41) is 10.3. The number of alkyl halides is 6. The highest BCUT2D eigenvalue weighted by Crippen LogP contribution is 2.38. The number of nitrogens with zero attached hydrogens (tertiary/aromatic N) is 1. The maximum Gasteiger partial charge on any atom is 0.471 e. The average molecular weight is 378 g/mol. The molecule has 0 aromatic carbocycles. The second-order valence-corrected chi connectivity index (χ2v) is 6.03. The first-order valence-electron chi connectivity index (χ1n) is 7.12. The third-order valence-electron chi connectivity index (χ3n) is 3.85. The molecule has 12 heteroatoms. The molecular formula is C13H16F6N2O4. The first kappa shape index (κ1) is 21.0. The molecule has 25 heavy (non-hydrogen) atoms. The Labute approximate surface area is 138 Å². The third-order valence-corrected chi connectivity index (χ3v) is 3.85. The summed E-state index contributed by atoms with van der Waals surface area (Å²) in [5.41, 5.74) is 0. The molecule has 2 amide bonds. The van der Waals surface area contributed by atoms with Gasteiger partial charge < -0.3 is 15.3 Å². The molecule has 0 saturated carbocycles. The Morgan fingerprint density at radius 1 is 1.08 bits per heavy atom. The van der Waals surface area contributed by atoms with Gasteiger partial charge in [-0.2, -0.15) is 26.3 Å². The Balaban J connectivity index is 2.99. The van der Waals surface area contributed by atoms with E-state index in [9.17, 15) is 40.7 Å². The van der Waals surface area contributed by atoms with E-state index in [1.165, 1.54) is 19.2 Å². The van der Waals surface area contributed by atoms with Crippen LogP contribution in [0.2, 0.25) is 0 Å². The van der Waals surface area contributed by atoms with Gasteiger partial charge >= 0.3 is 24.2 Å². The molecule has 1 aliphatic rings. The number of carboxylic acid groups (broad SMARTS) is 1. The maximum absolute atomic E-state index is 12.9. The summed E-state index contributed by atoms with van der Waals surface area (Å²) in [7, 11) is 0. The Morgan fingerprint density at radius 2 is 1.60 bits per heavy atom. The maximum atomic E-state index is 12.9. The number of likely N-dealkylation sites (tertiary alicyclic amines) is 1. The minimum Gasteiger partial charge on any atom is -0.481 e. The highest BCUT2D eigenvalue weighted by atomic mass is 19.4.